The van der Waals surface area contributed by atoms with Gasteiger partial charge in [0.05, 0.1) is 53.3 Å². The van der Waals surface area contributed by atoms with Crippen LogP contribution >= 0.6 is 34.8 Å². The Balaban J connectivity index is 1.79. The van der Waals surface area contributed by atoms with E-state index >= 15 is 0 Å². The number of carbonyl (C=O) groups is 2. The van der Waals surface area contributed by atoms with Crippen LogP contribution in [0.2, 0.25) is 15.1 Å². The second kappa shape index (κ2) is 11.7. The fourth-order valence-corrected chi connectivity index (χ4v) is 5.04. The molecule has 3 rings (SSSR count). The highest BCUT2D eigenvalue weighted by Gasteiger charge is 2.25. The number of furan rings is 1. The maximum atomic E-state index is 13.1. The predicted molar refractivity (Wildman–Crippen MR) is 133 cm³/mol. The van der Waals surface area contributed by atoms with Crippen molar-refractivity contribution >= 4 is 62.4 Å². The highest BCUT2D eigenvalue weighted by molar-refractivity contribution is 7.92. The summed E-state index contributed by atoms with van der Waals surface area (Å²) in [6, 6.07) is 8.01. The van der Waals surface area contributed by atoms with Gasteiger partial charge in [-0.1, -0.05) is 34.8 Å². The van der Waals surface area contributed by atoms with E-state index in [1.54, 1.807) is 12.1 Å². The molecule has 0 atom stereocenters. The zero-order valence-electron chi connectivity index (χ0n) is 18.8. The van der Waals surface area contributed by atoms with Crippen LogP contribution in [-0.2, 0) is 26.1 Å². The summed E-state index contributed by atoms with van der Waals surface area (Å²) < 4.78 is 48.9. The van der Waals surface area contributed by atoms with Crippen molar-refractivity contribution in [3.63, 3.8) is 0 Å². The summed E-state index contributed by atoms with van der Waals surface area (Å²) in [5, 5.41) is 2.18. The molecule has 0 spiro atoms. The molecule has 1 amide bonds. The third kappa shape index (κ3) is 6.55. The van der Waals surface area contributed by atoms with E-state index in [9.17, 15) is 18.0 Å². The Labute approximate surface area is 221 Å². The third-order valence-electron chi connectivity index (χ3n) is 4.62. The summed E-state index contributed by atoms with van der Waals surface area (Å²) in [5.41, 5.74) is -0.327. The Morgan fingerprint density at radius 1 is 0.972 bits per heavy atom. The SMILES string of the molecule is COc1cc(OC)c(NS(=O)(=O)c2cc(C(=O)OCC(=O)NCc3ccco3)c(Cl)cc2Cl)cc1Cl. The highest BCUT2D eigenvalue weighted by atomic mass is 35.5. The van der Waals surface area contributed by atoms with Gasteiger partial charge in [-0.25, -0.2) is 13.2 Å². The number of anilines is 1. The third-order valence-corrected chi connectivity index (χ3v) is 7.06. The Morgan fingerprint density at radius 3 is 2.33 bits per heavy atom. The summed E-state index contributed by atoms with van der Waals surface area (Å²) in [6.45, 7) is -0.543. The number of hydrogen-bond acceptors (Lipinski definition) is 8. The maximum absolute atomic E-state index is 13.1. The largest absolute Gasteiger partial charge is 0.495 e. The number of amides is 1. The van der Waals surface area contributed by atoms with Crippen LogP contribution < -0.4 is 19.5 Å². The quantitative estimate of drug-likeness (QED) is 0.336. The first-order valence-electron chi connectivity index (χ1n) is 9.95. The van der Waals surface area contributed by atoms with Crippen LogP contribution in [0.15, 0.2) is 52.0 Å². The van der Waals surface area contributed by atoms with Crippen LogP contribution in [-0.4, -0.2) is 41.1 Å². The summed E-state index contributed by atoms with van der Waals surface area (Å²) in [5.74, 6) is -0.758. The van der Waals surface area contributed by atoms with Crippen LogP contribution in [0.4, 0.5) is 5.69 Å². The number of halogens is 3. The summed E-state index contributed by atoms with van der Waals surface area (Å²) >= 11 is 18.3. The van der Waals surface area contributed by atoms with E-state index in [0.717, 1.165) is 12.1 Å². The van der Waals surface area contributed by atoms with Crippen LogP contribution in [0.1, 0.15) is 16.1 Å². The molecule has 0 saturated carbocycles. The molecule has 0 aliphatic carbocycles. The Bertz CT molecular complexity index is 1380. The van der Waals surface area contributed by atoms with Crippen molar-refractivity contribution in [2.24, 2.45) is 0 Å². The van der Waals surface area contributed by atoms with Gasteiger partial charge in [0, 0.05) is 6.07 Å². The fraction of sp³-hybridized carbons (Fsp3) is 0.182. The molecule has 1 aromatic heterocycles. The monoisotopic (exact) mass is 576 g/mol. The molecule has 14 heteroatoms. The number of benzene rings is 2. The number of nitrogens with one attached hydrogen (secondary N) is 2. The molecule has 0 bridgehead atoms. The molecule has 0 radical (unpaired) electrons. The molecule has 0 aliphatic rings. The number of hydrogen-bond donors (Lipinski definition) is 2. The van der Waals surface area contributed by atoms with E-state index in [2.05, 4.69) is 10.0 Å². The average molecular weight is 578 g/mol. The predicted octanol–water partition coefficient (Wildman–Crippen LogP) is 4.53. The smallest absolute Gasteiger partial charge is 0.340 e. The number of ether oxygens (including phenoxy) is 3. The molecule has 0 fully saturated rings. The van der Waals surface area contributed by atoms with Crippen molar-refractivity contribution in [3.05, 3.63) is 69.1 Å². The Hall–Kier alpha value is -3.12. The minimum Gasteiger partial charge on any atom is -0.495 e. The molecular formula is C22H19Cl3N2O8S. The first-order valence-corrected chi connectivity index (χ1v) is 12.6. The minimum absolute atomic E-state index is 0.00771. The minimum atomic E-state index is -4.37. The topological polar surface area (TPSA) is 133 Å². The van der Waals surface area contributed by atoms with Crippen LogP contribution in [0, 0.1) is 0 Å². The summed E-state index contributed by atoms with van der Waals surface area (Å²) in [6.07, 6.45) is 1.45. The van der Waals surface area contributed by atoms with E-state index in [1.807, 2.05) is 0 Å². The van der Waals surface area contributed by atoms with E-state index in [1.165, 1.54) is 32.6 Å². The zero-order valence-corrected chi connectivity index (χ0v) is 21.8. The van der Waals surface area contributed by atoms with E-state index in [-0.39, 0.29) is 44.4 Å². The lowest BCUT2D eigenvalue weighted by atomic mass is 10.2. The van der Waals surface area contributed by atoms with Gasteiger partial charge in [-0.2, -0.15) is 0 Å². The lowest BCUT2D eigenvalue weighted by molar-refractivity contribution is -0.124. The van der Waals surface area contributed by atoms with Crippen molar-refractivity contribution in [3.8, 4) is 11.5 Å². The Morgan fingerprint density at radius 2 is 1.69 bits per heavy atom. The van der Waals surface area contributed by atoms with Crippen molar-refractivity contribution in [2.45, 2.75) is 11.4 Å². The van der Waals surface area contributed by atoms with E-state index in [4.69, 9.17) is 53.4 Å². The highest BCUT2D eigenvalue weighted by Crippen LogP contribution is 2.38. The van der Waals surface area contributed by atoms with Gasteiger partial charge in [0.25, 0.3) is 15.9 Å². The van der Waals surface area contributed by atoms with Gasteiger partial charge in [0.2, 0.25) is 0 Å². The molecule has 0 unspecified atom stereocenters. The van der Waals surface area contributed by atoms with Gasteiger partial charge in [0.1, 0.15) is 22.2 Å². The molecule has 36 heavy (non-hydrogen) atoms. The van der Waals surface area contributed by atoms with Gasteiger partial charge in [0.15, 0.2) is 6.61 Å². The molecular weight excluding hydrogens is 559 g/mol. The van der Waals surface area contributed by atoms with Gasteiger partial charge in [-0.3, -0.25) is 9.52 Å². The fourth-order valence-electron chi connectivity index (χ4n) is 2.89. The molecule has 2 aromatic carbocycles. The maximum Gasteiger partial charge on any atom is 0.340 e. The van der Waals surface area contributed by atoms with Crippen LogP contribution in [0.5, 0.6) is 11.5 Å². The molecule has 2 N–H and O–H groups in total. The first kappa shape index (κ1) is 27.5. The summed E-state index contributed by atoms with van der Waals surface area (Å²) in [4.78, 5) is 24.0. The number of methoxy groups -OCH3 is 2. The zero-order chi connectivity index (χ0) is 26.5. The van der Waals surface area contributed by atoms with Crippen molar-refractivity contribution < 1.29 is 36.6 Å². The van der Waals surface area contributed by atoms with E-state index < -0.39 is 33.4 Å². The number of rotatable bonds is 10. The van der Waals surface area contributed by atoms with Crippen molar-refractivity contribution in [1.29, 1.82) is 0 Å². The number of sulfonamides is 1. The number of esters is 1. The van der Waals surface area contributed by atoms with Crippen LogP contribution in [0.3, 0.4) is 0 Å². The lowest BCUT2D eigenvalue weighted by Gasteiger charge is -2.15. The van der Waals surface area contributed by atoms with Gasteiger partial charge < -0.3 is 23.9 Å². The summed E-state index contributed by atoms with van der Waals surface area (Å²) in [7, 11) is -1.65. The molecule has 192 valence electrons. The van der Waals surface area contributed by atoms with E-state index in [0.29, 0.717) is 5.76 Å². The molecule has 0 saturated heterocycles. The van der Waals surface area contributed by atoms with Crippen molar-refractivity contribution in [1.82, 2.24) is 5.32 Å². The molecule has 0 aliphatic heterocycles. The number of carbonyl (C=O) groups excluding carboxylic acids is 2. The lowest BCUT2D eigenvalue weighted by Crippen LogP contribution is -2.28. The Kier molecular flexibility index (Phi) is 8.96. The van der Waals surface area contributed by atoms with Crippen molar-refractivity contribution in [2.75, 3.05) is 25.5 Å². The molecule has 1 heterocycles. The average Bonchev–Trinajstić information content (AvgIpc) is 3.35. The second-order valence-electron chi connectivity index (χ2n) is 6.99. The van der Waals surface area contributed by atoms with Gasteiger partial charge >= 0.3 is 5.97 Å². The standard InChI is InChI=1S/C22H19Cl3N2O8S/c1-32-18-9-19(33-2)17(8-15(18)24)27-36(30,31)20-6-13(14(23)7-16(20)25)22(29)35-11-21(28)26-10-12-4-3-5-34-12/h3-9,27H,10-11H2,1-2H3,(H,26,28). The first-order chi connectivity index (χ1) is 17.1. The molecule has 3 aromatic rings. The van der Waals surface area contributed by atoms with Gasteiger partial charge in [-0.05, 0) is 30.3 Å². The molecule has 10 nitrogen and oxygen atoms in total. The second-order valence-corrected chi connectivity index (χ2v) is 9.86. The van der Waals surface area contributed by atoms with Gasteiger partial charge in [-0.15, -0.1) is 0 Å². The normalized spacial score (nSPS) is 11.0. The van der Waals surface area contributed by atoms with Crippen LogP contribution in [0.25, 0.3) is 0 Å².